The number of esters is 1. The van der Waals surface area contributed by atoms with E-state index in [2.05, 4.69) is 18.7 Å². The Morgan fingerprint density at radius 1 is 1.38 bits per heavy atom. The molecule has 0 aliphatic rings. The van der Waals surface area contributed by atoms with Crippen molar-refractivity contribution in [3.63, 3.8) is 0 Å². The maximum absolute atomic E-state index is 11.3. The third kappa shape index (κ3) is 4.94. The van der Waals surface area contributed by atoms with E-state index in [1.165, 1.54) is 7.11 Å². The second-order valence-corrected chi connectivity index (χ2v) is 4.11. The minimum absolute atomic E-state index is 0.129. The first-order valence-electron chi connectivity index (χ1n) is 6.03. The lowest BCUT2D eigenvalue weighted by Gasteiger charge is -2.31. The Hall–Kier alpha value is -0.610. The Labute approximate surface area is 98.6 Å². The van der Waals surface area contributed by atoms with Crippen molar-refractivity contribution in [2.75, 3.05) is 26.8 Å². The molecule has 16 heavy (non-hydrogen) atoms. The molecular weight excluding hydrogens is 206 g/mol. The summed E-state index contributed by atoms with van der Waals surface area (Å²) in [6, 6.07) is 0.430. The Morgan fingerprint density at radius 2 is 1.94 bits per heavy atom. The van der Waals surface area contributed by atoms with Gasteiger partial charge >= 0.3 is 5.97 Å². The summed E-state index contributed by atoms with van der Waals surface area (Å²) >= 11 is 0. The summed E-state index contributed by atoms with van der Waals surface area (Å²) in [4.78, 5) is 13.5. The van der Waals surface area contributed by atoms with Gasteiger partial charge in [0.2, 0.25) is 0 Å². The maximum atomic E-state index is 11.3. The molecule has 4 heteroatoms. The van der Waals surface area contributed by atoms with E-state index >= 15 is 0 Å². The molecule has 0 bridgehead atoms. The predicted molar refractivity (Wildman–Crippen MR) is 64.2 cm³/mol. The molecule has 0 aliphatic carbocycles. The van der Waals surface area contributed by atoms with E-state index in [-0.39, 0.29) is 18.5 Å². The summed E-state index contributed by atoms with van der Waals surface area (Å²) in [5.74, 6) is -0.328. The summed E-state index contributed by atoms with van der Waals surface area (Å²) in [6.07, 6.45) is 2.06. The van der Waals surface area contributed by atoms with Crippen LogP contribution >= 0.6 is 0 Å². The van der Waals surface area contributed by atoms with Crippen molar-refractivity contribution in [2.45, 2.75) is 39.7 Å². The van der Waals surface area contributed by atoms with Crippen LogP contribution in [0.1, 0.15) is 33.6 Å². The molecule has 1 unspecified atom stereocenters. The Kier molecular flexibility index (Phi) is 8.21. The summed E-state index contributed by atoms with van der Waals surface area (Å²) < 4.78 is 4.71. The average Bonchev–Trinajstić information content (AvgIpc) is 2.29. The van der Waals surface area contributed by atoms with Gasteiger partial charge < -0.3 is 9.84 Å². The molecule has 1 atom stereocenters. The van der Waals surface area contributed by atoms with Crippen LogP contribution < -0.4 is 0 Å². The Morgan fingerprint density at radius 3 is 2.31 bits per heavy atom. The molecule has 0 heterocycles. The van der Waals surface area contributed by atoms with E-state index in [1.54, 1.807) is 0 Å². The van der Waals surface area contributed by atoms with Crippen molar-refractivity contribution >= 4 is 5.97 Å². The Balaban J connectivity index is 4.36. The Bertz CT molecular complexity index is 193. The lowest BCUT2D eigenvalue weighted by atomic mass is 10.1. The van der Waals surface area contributed by atoms with Crippen molar-refractivity contribution in [1.29, 1.82) is 0 Å². The molecule has 0 aromatic heterocycles. The number of hydrogen-bond acceptors (Lipinski definition) is 4. The molecular formula is C12H25NO3. The van der Waals surface area contributed by atoms with Crippen LogP contribution in [0.2, 0.25) is 0 Å². The molecule has 0 radical (unpaired) electrons. The molecule has 4 nitrogen and oxygen atoms in total. The molecule has 96 valence electrons. The van der Waals surface area contributed by atoms with Gasteiger partial charge in [-0.05, 0) is 12.8 Å². The van der Waals surface area contributed by atoms with Gasteiger partial charge in [-0.2, -0.15) is 0 Å². The standard InChI is InChI=1S/C12H25NO3/c1-5-11(6-2)13(7-8-14)9-10(3)12(15)16-4/h10-11,14H,5-9H2,1-4H3. The quantitative estimate of drug-likeness (QED) is 0.639. The highest BCUT2D eigenvalue weighted by Gasteiger charge is 2.21. The monoisotopic (exact) mass is 231 g/mol. The van der Waals surface area contributed by atoms with Crippen molar-refractivity contribution in [3.05, 3.63) is 0 Å². The molecule has 0 rings (SSSR count). The summed E-state index contributed by atoms with van der Waals surface area (Å²) in [6.45, 7) is 7.51. The maximum Gasteiger partial charge on any atom is 0.309 e. The molecule has 0 saturated heterocycles. The first-order chi connectivity index (χ1) is 7.60. The number of aliphatic hydroxyl groups excluding tert-OH is 1. The zero-order valence-electron chi connectivity index (χ0n) is 10.9. The number of hydrogen-bond donors (Lipinski definition) is 1. The highest BCUT2D eigenvalue weighted by molar-refractivity contribution is 5.72. The molecule has 0 spiro atoms. The molecule has 1 N–H and O–H groups in total. The van der Waals surface area contributed by atoms with Gasteiger partial charge in [0.25, 0.3) is 0 Å². The number of ether oxygens (including phenoxy) is 1. The SMILES string of the molecule is CCC(CC)N(CCO)CC(C)C(=O)OC. The number of methoxy groups -OCH3 is 1. The normalized spacial score (nSPS) is 13.2. The van der Waals surface area contributed by atoms with Crippen LogP contribution in [0.5, 0.6) is 0 Å². The summed E-state index contributed by atoms with van der Waals surface area (Å²) in [5, 5.41) is 9.03. The highest BCUT2D eigenvalue weighted by Crippen LogP contribution is 2.11. The van der Waals surface area contributed by atoms with Crippen molar-refractivity contribution < 1.29 is 14.6 Å². The lowest BCUT2D eigenvalue weighted by molar-refractivity contribution is -0.145. The minimum Gasteiger partial charge on any atom is -0.469 e. The summed E-state index contributed by atoms with van der Waals surface area (Å²) in [5.41, 5.74) is 0. The topological polar surface area (TPSA) is 49.8 Å². The second kappa shape index (κ2) is 8.53. The fourth-order valence-electron chi connectivity index (χ4n) is 1.98. The number of carbonyl (C=O) groups excluding carboxylic acids is 1. The zero-order valence-corrected chi connectivity index (χ0v) is 10.9. The fraction of sp³-hybridized carbons (Fsp3) is 0.917. The van der Waals surface area contributed by atoms with E-state index in [4.69, 9.17) is 9.84 Å². The number of aliphatic hydroxyl groups is 1. The van der Waals surface area contributed by atoms with Gasteiger partial charge in [-0.1, -0.05) is 20.8 Å². The second-order valence-electron chi connectivity index (χ2n) is 4.11. The minimum atomic E-state index is -0.186. The first-order valence-corrected chi connectivity index (χ1v) is 6.03. The van der Waals surface area contributed by atoms with Gasteiger partial charge in [-0.15, -0.1) is 0 Å². The van der Waals surface area contributed by atoms with Crippen LogP contribution in [0.15, 0.2) is 0 Å². The van der Waals surface area contributed by atoms with Crippen molar-refractivity contribution in [3.8, 4) is 0 Å². The van der Waals surface area contributed by atoms with Gasteiger partial charge in [-0.25, -0.2) is 0 Å². The van der Waals surface area contributed by atoms with Gasteiger partial charge in [0.15, 0.2) is 0 Å². The van der Waals surface area contributed by atoms with Gasteiger partial charge in [0.1, 0.15) is 0 Å². The third-order valence-corrected chi connectivity index (χ3v) is 2.96. The van der Waals surface area contributed by atoms with E-state index in [0.29, 0.717) is 19.1 Å². The van der Waals surface area contributed by atoms with E-state index < -0.39 is 0 Å². The van der Waals surface area contributed by atoms with Crippen molar-refractivity contribution in [1.82, 2.24) is 4.90 Å². The fourth-order valence-corrected chi connectivity index (χ4v) is 1.98. The average molecular weight is 231 g/mol. The van der Waals surface area contributed by atoms with Gasteiger partial charge in [0, 0.05) is 19.1 Å². The van der Waals surface area contributed by atoms with E-state index in [9.17, 15) is 4.79 Å². The first kappa shape index (κ1) is 15.4. The zero-order chi connectivity index (χ0) is 12.6. The van der Waals surface area contributed by atoms with Crippen LogP contribution in [-0.2, 0) is 9.53 Å². The molecule has 0 aromatic carbocycles. The number of nitrogens with zero attached hydrogens (tertiary/aromatic N) is 1. The highest BCUT2D eigenvalue weighted by atomic mass is 16.5. The molecule has 0 amide bonds. The molecule has 0 fully saturated rings. The molecule has 0 aromatic rings. The largest absolute Gasteiger partial charge is 0.469 e. The third-order valence-electron chi connectivity index (χ3n) is 2.96. The van der Waals surface area contributed by atoms with Crippen LogP contribution in [0, 0.1) is 5.92 Å². The smallest absolute Gasteiger partial charge is 0.309 e. The molecule has 0 aliphatic heterocycles. The van der Waals surface area contributed by atoms with Crippen LogP contribution in [-0.4, -0.2) is 48.8 Å². The van der Waals surface area contributed by atoms with Crippen LogP contribution in [0.25, 0.3) is 0 Å². The molecule has 0 saturated carbocycles. The van der Waals surface area contributed by atoms with Crippen molar-refractivity contribution in [2.24, 2.45) is 5.92 Å². The van der Waals surface area contributed by atoms with E-state index in [0.717, 1.165) is 12.8 Å². The van der Waals surface area contributed by atoms with Gasteiger partial charge in [-0.3, -0.25) is 9.69 Å². The lowest BCUT2D eigenvalue weighted by Crippen LogP contribution is -2.41. The van der Waals surface area contributed by atoms with E-state index in [1.807, 2.05) is 6.92 Å². The van der Waals surface area contributed by atoms with Gasteiger partial charge in [0.05, 0.1) is 19.6 Å². The predicted octanol–water partition coefficient (Wildman–Crippen LogP) is 1.28. The number of rotatable bonds is 8. The summed E-state index contributed by atoms with van der Waals surface area (Å²) in [7, 11) is 1.41. The number of carbonyl (C=O) groups is 1. The van der Waals surface area contributed by atoms with Crippen LogP contribution in [0.3, 0.4) is 0 Å². The van der Waals surface area contributed by atoms with Crippen LogP contribution in [0.4, 0.5) is 0 Å².